The Hall–Kier alpha value is -2.71. The predicted molar refractivity (Wildman–Crippen MR) is 103 cm³/mol. The molecule has 0 saturated carbocycles. The highest BCUT2D eigenvalue weighted by atomic mass is 16.2. The quantitative estimate of drug-likeness (QED) is 0.764. The van der Waals surface area contributed by atoms with Gasteiger partial charge in [0.1, 0.15) is 6.04 Å². The lowest BCUT2D eigenvalue weighted by atomic mass is 10.1. The number of rotatable bonds is 6. The van der Waals surface area contributed by atoms with E-state index in [0.717, 1.165) is 18.8 Å². The van der Waals surface area contributed by atoms with Crippen LogP contribution in [0.4, 0.5) is 5.69 Å². The van der Waals surface area contributed by atoms with Gasteiger partial charge >= 0.3 is 0 Å². The number of nitrogens with zero attached hydrogens (tertiary/aromatic N) is 4. The fraction of sp³-hybridized carbons (Fsp3) is 0.421. The van der Waals surface area contributed by atoms with Gasteiger partial charge in [-0.15, -0.1) is 0 Å². The molecule has 8 nitrogen and oxygen atoms in total. The van der Waals surface area contributed by atoms with Crippen molar-refractivity contribution in [1.29, 1.82) is 0 Å². The molecule has 8 heteroatoms. The van der Waals surface area contributed by atoms with Crippen LogP contribution in [0.3, 0.4) is 0 Å². The first-order valence-corrected chi connectivity index (χ1v) is 9.02. The largest absolute Gasteiger partial charge is 0.368 e. The number of anilines is 1. The van der Waals surface area contributed by atoms with E-state index >= 15 is 0 Å². The number of aryl methyl sites for hydroxylation is 2. The maximum Gasteiger partial charge on any atom is 0.238 e. The van der Waals surface area contributed by atoms with Gasteiger partial charge < -0.3 is 11.1 Å². The Morgan fingerprint density at radius 1 is 1.26 bits per heavy atom. The van der Waals surface area contributed by atoms with Crippen LogP contribution >= 0.6 is 0 Å². The van der Waals surface area contributed by atoms with Crippen molar-refractivity contribution in [2.75, 3.05) is 31.5 Å². The third-order valence-electron chi connectivity index (χ3n) is 4.79. The number of carbonyl (C=O) groups excluding carboxylic acids is 2. The van der Waals surface area contributed by atoms with E-state index in [0.29, 0.717) is 18.8 Å². The Kier molecular flexibility index (Phi) is 5.88. The summed E-state index contributed by atoms with van der Waals surface area (Å²) >= 11 is 0. The number of nitrogens with one attached hydrogen (secondary N) is 1. The summed E-state index contributed by atoms with van der Waals surface area (Å²) in [6, 6.07) is 9.63. The van der Waals surface area contributed by atoms with Gasteiger partial charge in [0.15, 0.2) is 0 Å². The van der Waals surface area contributed by atoms with Gasteiger partial charge in [-0.25, -0.2) is 0 Å². The summed E-state index contributed by atoms with van der Waals surface area (Å²) in [6.07, 6.45) is 1.76. The Morgan fingerprint density at radius 2 is 2.00 bits per heavy atom. The highest BCUT2D eigenvalue weighted by molar-refractivity contribution is 5.93. The van der Waals surface area contributed by atoms with Crippen LogP contribution in [0.25, 0.3) is 0 Å². The molecule has 1 aromatic heterocycles. The van der Waals surface area contributed by atoms with E-state index in [-0.39, 0.29) is 12.5 Å². The van der Waals surface area contributed by atoms with Crippen molar-refractivity contribution in [3.63, 3.8) is 0 Å². The second kappa shape index (κ2) is 8.32. The molecule has 1 atom stereocenters. The SMILES string of the molecule is Cc1nn(C)cc1NC(=O)CN1CCN(Cc2ccccc2)C[C@H]1C(N)=O. The number of piperazine rings is 1. The van der Waals surface area contributed by atoms with Crippen molar-refractivity contribution in [3.05, 3.63) is 47.8 Å². The number of hydrogen-bond acceptors (Lipinski definition) is 5. The van der Waals surface area contributed by atoms with Crippen LogP contribution in [-0.4, -0.2) is 63.6 Å². The number of nitrogens with two attached hydrogens (primary N) is 1. The lowest BCUT2D eigenvalue weighted by Crippen LogP contribution is -2.59. The van der Waals surface area contributed by atoms with Gasteiger partial charge in [-0.2, -0.15) is 5.10 Å². The standard InChI is InChI=1S/C19H26N6O2/c1-14-16(11-23(2)22-14)21-18(26)13-25-9-8-24(12-17(25)19(20)27)10-15-6-4-3-5-7-15/h3-7,11,17H,8-10,12-13H2,1-2H3,(H2,20,27)(H,21,26)/t17-/m0/s1. The van der Waals surface area contributed by atoms with Crippen LogP contribution in [0.1, 0.15) is 11.3 Å². The first-order valence-electron chi connectivity index (χ1n) is 9.02. The van der Waals surface area contributed by atoms with Crippen LogP contribution in [0.2, 0.25) is 0 Å². The molecule has 3 N–H and O–H groups in total. The first-order chi connectivity index (χ1) is 12.9. The van der Waals surface area contributed by atoms with Gasteiger partial charge in [0.05, 0.1) is 17.9 Å². The number of carbonyl (C=O) groups is 2. The molecule has 2 heterocycles. The molecule has 0 spiro atoms. The fourth-order valence-corrected chi connectivity index (χ4v) is 3.42. The first kappa shape index (κ1) is 19.1. The minimum absolute atomic E-state index is 0.126. The summed E-state index contributed by atoms with van der Waals surface area (Å²) in [5.41, 5.74) is 8.25. The zero-order chi connectivity index (χ0) is 19.4. The average molecular weight is 370 g/mol. The van der Waals surface area contributed by atoms with E-state index in [1.807, 2.05) is 30.0 Å². The predicted octanol–water partition coefficient (Wildman–Crippen LogP) is 0.339. The molecule has 27 heavy (non-hydrogen) atoms. The topological polar surface area (TPSA) is 96.5 Å². The van der Waals surface area contributed by atoms with Crippen LogP contribution in [-0.2, 0) is 23.2 Å². The molecular formula is C19H26N6O2. The number of benzene rings is 1. The highest BCUT2D eigenvalue weighted by Gasteiger charge is 2.32. The Bertz CT molecular complexity index is 804. The minimum atomic E-state index is -0.483. The molecule has 3 rings (SSSR count). The Labute approximate surface area is 158 Å². The van der Waals surface area contributed by atoms with Crippen LogP contribution in [0, 0.1) is 6.92 Å². The van der Waals surface area contributed by atoms with Crippen molar-refractivity contribution in [2.24, 2.45) is 12.8 Å². The molecule has 2 aromatic rings. The monoisotopic (exact) mass is 370 g/mol. The molecule has 0 unspecified atom stereocenters. The molecule has 2 amide bonds. The van der Waals surface area contributed by atoms with E-state index in [4.69, 9.17) is 5.73 Å². The van der Waals surface area contributed by atoms with Crippen LogP contribution in [0.15, 0.2) is 36.5 Å². The van der Waals surface area contributed by atoms with Crippen molar-refractivity contribution >= 4 is 17.5 Å². The number of hydrogen-bond donors (Lipinski definition) is 2. The molecule has 0 aliphatic carbocycles. The minimum Gasteiger partial charge on any atom is -0.368 e. The third-order valence-corrected chi connectivity index (χ3v) is 4.79. The molecule has 1 fully saturated rings. The number of amides is 2. The zero-order valence-electron chi connectivity index (χ0n) is 15.8. The Balaban J connectivity index is 1.59. The van der Waals surface area contributed by atoms with Gasteiger partial charge in [0.25, 0.3) is 0 Å². The lowest BCUT2D eigenvalue weighted by molar-refractivity contribution is -0.127. The van der Waals surface area contributed by atoms with Crippen molar-refractivity contribution in [1.82, 2.24) is 19.6 Å². The second-order valence-electron chi connectivity index (χ2n) is 6.96. The van der Waals surface area contributed by atoms with Crippen molar-refractivity contribution in [3.8, 4) is 0 Å². The van der Waals surface area contributed by atoms with Crippen molar-refractivity contribution < 1.29 is 9.59 Å². The normalized spacial score (nSPS) is 18.4. The van der Waals surface area contributed by atoms with E-state index in [1.165, 1.54) is 5.56 Å². The molecule has 1 saturated heterocycles. The number of aromatic nitrogens is 2. The van der Waals surface area contributed by atoms with E-state index < -0.39 is 11.9 Å². The highest BCUT2D eigenvalue weighted by Crippen LogP contribution is 2.15. The summed E-state index contributed by atoms with van der Waals surface area (Å²) < 4.78 is 1.65. The molecule has 1 aromatic carbocycles. The fourth-order valence-electron chi connectivity index (χ4n) is 3.42. The van der Waals surface area contributed by atoms with E-state index in [2.05, 4.69) is 27.4 Å². The van der Waals surface area contributed by atoms with Gasteiger partial charge in [-0.1, -0.05) is 30.3 Å². The number of primary amides is 1. The van der Waals surface area contributed by atoms with Gasteiger partial charge in [-0.3, -0.25) is 24.1 Å². The maximum atomic E-state index is 12.4. The summed E-state index contributed by atoms with van der Waals surface area (Å²) in [5.74, 6) is -0.577. The third kappa shape index (κ3) is 4.93. The molecule has 144 valence electrons. The zero-order valence-corrected chi connectivity index (χ0v) is 15.8. The van der Waals surface area contributed by atoms with Crippen LogP contribution in [0.5, 0.6) is 0 Å². The molecule has 1 aliphatic heterocycles. The molecule has 0 bridgehead atoms. The van der Waals surface area contributed by atoms with Crippen LogP contribution < -0.4 is 11.1 Å². The summed E-state index contributed by atoms with van der Waals surface area (Å²) in [6.45, 7) is 4.63. The summed E-state index contributed by atoms with van der Waals surface area (Å²) in [7, 11) is 1.80. The second-order valence-corrected chi connectivity index (χ2v) is 6.96. The van der Waals surface area contributed by atoms with Crippen molar-refractivity contribution in [2.45, 2.75) is 19.5 Å². The van der Waals surface area contributed by atoms with E-state index in [1.54, 1.807) is 17.9 Å². The molecule has 0 radical (unpaired) electrons. The lowest BCUT2D eigenvalue weighted by Gasteiger charge is -2.39. The summed E-state index contributed by atoms with van der Waals surface area (Å²) in [4.78, 5) is 28.4. The van der Waals surface area contributed by atoms with Gasteiger partial charge in [0, 0.05) is 39.4 Å². The van der Waals surface area contributed by atoms with Gasteiger partial charge in [0.2, 0.25) is 11.8 Å². The summed E-state index contributed by atoms with van der Waals surface area (Å²) in [5, 5.41) is 7.07. The molecule has 1 aliphatic rings. The Morgan fingerprint density at radius 3 is 2.63 bits per heavy atom. The molecular weight excluding hydrogens is 344 g/mol. The average Bonchev–Trinajstić information content (AvgIpc) is 2.94. The maximum absolute atomic E-state index is 12.4. The van der Waals surface area contributed by atoms with E-state index in [9.17, 15) is 9.59 Å². The smallest absolute Gasteiger partial charge is 0.238 e. The van der Waals surface area contributed by atoms with Gasteiger partial charge in [-0.05, 0) is 12.5 Å².